The molecule has 1 aromatic carbocycles. The third kappa shape index (κ3) is 2.82. The van der Waals surface area contributed by atoms with Gasteiger partial charge in [0, 0.05) is 17.5 Å². The van der Waals surface area contributed by atoms with Gasteiger partial charge in [-0.3, -0.25) is 0 Å². The van der Waals surface area contributed by atoms with Crippen LogP contribution in [-0.4, -0.2) is 11.1 Å². The molecule has 0 aliphatic carbocycles. The summed E-state index contributed by atoms with van der Waals surface area (Å²) in [6, 6.07) is 3.87. The summed E-state index contributed by atoms with van der Waals surface area (Å²) >= 11 is 9.81. The van der Waals surface area contributed by atoms with Crippen LogP contribution in [0.2, 0.25) is 5.02 Å². The molecule has 0 radical (unpaired) electrons. The number of hydrogen-bond acceptors (Lipinski definition) is 3. The smallest absolute Gasteiger partial charge is 0.346 e. The van der Waals surface area contributed by atoms with Crippen LogP contribution < -0.4 is 4.74 Å². The van der Waals surface area contributed by atoms with Gasteiger partial charge in [-0.15, -0.1) is 11.3 Å². The lowest BCUT2D eigenvalue weighted by atomic mass is 10.3. The number of aromatic carboxylic acids is 1. The van der Waals surface area contributed by atoms with Crippen LogP contribution in [0.5, 0.6) is 11.5 Å². The summed E-state index contributed by atoms with van der Waals surface area (Å²) in [5, 5.41) is 10.3. The lowest BCUT2D eigenvalue weighted by Crippen LogP contribution is -1.90. The van der Waals surface area contributed by atoms with Crippen LogP contribution >= 0.6 is 38.9 Å². The molecule has 2 rings (SSSR count). The van der Waals surface area contributed by atoms with E-state index < -0.39 is 11.8 Å². The number of carboxylic acid groups (broad SMARTS) is 1. The highest BCUT2D eigenvalue weighted by molar-refractivity contribution is 9.10. The Bertz CT molecular complexity index is 614. The fourth-order valence-corrected chi connectivity index (χ4v) is 2.56. The molecule has 0 fully saturated rings. The van der Waals surface area contributed by atoms with Crippen molar-refractivity contribution in [2.75, 3.05) is 0 Å². The monoisotopic (exact) mass is 350 g/mol. The number of halogens is 3. The van der Waals surface area contributed by atoms with Gasteiger partial charge < -0.3 is 9.84 Å². The number of ether oxygens (including phenoxy) is 1. The number of hydrogen-bond donors (Lipinski definition) is 1. The number of rotatable bonds is 3. The van der Waals surface area contributed by atoms with Crippen molar-refractivity contribution in [2.24, 2.45) is 0 Å². The highest BCUT2D eigenvalue weighted by Crippen LogP contribution is 2.35. The molecule has 2 aromatic rings. The first-order valence-corrected chi connectivity index (χ1v) is 6.66. The Kier molecular flexibility index (Phi) is 3.89. The number of carbonyl (C=O) groups is 1. The Labute approximate surface area is 119 Å². The zero-order valence-electron chi connectivity index (χ0n) is 8.62. The van der Waals surface area contributed by atoms with E-state index in [2.05, 4.69) is 15.9 Å². The second-order valence-corrected chi connectivity index (χ2v) is 5.42. The molecular formula is C11H5BrClFO3S. The van der Waals surface area contributed by atoms with E-state index in [0.717, 1.165) is 17.4 Å². The Balaban J connectivity index is 2.28. The average molecular weight is 352 g/mol. The maximum atomic E-state index is 13.3. The van der Waals surface area contributed by atoms with Gasteiger partial charge in [0.25, 0.3) is 0 Å². The standard InChI is InChI=1S/C11H5BrClFO3S/c12-6-2-7(13)8(14)3-9(6)17-5-1-10(11(15)16)18-4-5/h1-4H,(H,15,16). The van der Waals surface area contributed by atoms with Gasteiger partial charge in [0.05, 0.1) is 9.50 Å². The van der Waals surface area contributed by atoms with Gasteiger partial charge >= 0.3 is 5.97 Å². The third-order valence-corrected chi connectivity index (χ3v) is 3.79. The van der Waals surface area contributed by atoms with E-state index in [0.29, 0.717) is 10.2 Å². The first-order valence-electron chi connectivity index (χ1n) is 4.61. The van der Waals surface area contributed by atoms with Gasteiger partial charge in [-0.1, -0.05) is 11.6 Å². The topological polar surface area (TPSA) is 46.5 Å². The van der Waals surface area contributed by atoms with Crippen LogP contribution in [0, 0.1) is 5.82 Å². The molecule has 0 saturated heterocycles. The first-order chi connectivity index (χ1) is 8.47. The molecule has 0 amide bonds. The highest BCUT2D eigenvalue weighted by atomic mass is 79.9. The van der Waals surface area contributed by atoms with Crippen molar-refractivity contribution in [3.05, 3.63) is 43.8 Å². The van der Waals surface area contributed by atoms with Crippen molar-refractivity contribution in [3.63, 3.8) is 0 Å². The zero-order chi connectivity index (χ0) is 13.3. The maximum absolute atomic E-state index is 13.3. The molecule has 0 aliphatic heterocycles. The van der Waals surface area contributed by atoms with E-state index in [4.69, 9.17) is 21.4 Å². The summed E-state index contributed by atoms with van der Waals surface area (Å²) in [6.07, 6.45) is 0. The van der Waals surface area contributed by atoms with Crippen LogP contribution in [0.3, 0.4) is 0 Å². The fraction of sp³-hybridized carbons (Fsp3) is 0. The van der Waals surface area contributed by atoms with Gasteiger partial charge in [0.1, 0.15) is 22.2 Å². The van der Waals surface area contributed by atoms with Gasteiger partial charge in [-0.2, -0.15) is 0 Å². The van der Waals surface area contributed by atoms with Crippen LogP contribution in [-0.2, 0) is 0 Å². The van der Waals surface area contributed by atoms with Crippen molar-refractivity contribution in [3.8, 4) is 11.5 Å². The average Bonchev–Trinajstić information content (AvgIpc) is 2.74. The minimum atomic E-state index is -1.03. The molecular weight excluding hydrogens is 347 g/mol. The third-order valence-electron chi connectivity index (χ3n) is 1.99. The second-order valence-electron chi connectivity index (χ2n) is 3.25. The lowest BCUT2D eigenvalue weighted by Gasteiger charge is -2.06. The normalized spacial score (nSPS) is 10.4. The Morgan fingerprint density at radius 1 is 1.44 bits per heavy atom. The molecule has 3 nitrogen and oxygen atoms in total. The van der Waals surface area contributed by atoms with Crippen molar-refractivity contribution in [2.45, 2.75) is 0 Å². The quantitative estimate of drug-likeness (QED) is 0.808. The summed E-state index contributed by atoms with van der Waals surface area (Å²) in [5.41, 5.74) is 0. The van der Waals surface area contributed by atoms with Gasteiger partial charge in [-0.25, -0.2) is 9.18 Å². The molecule has 0 unspecified atom stereocenters. The molecule has 18 heavy (non-hydrogen) atoms. The molecule has 1 aromatic heterocycles. The predicted molar refractivity (Wildman–Crippen MR) is 70.5 cm³/mol. The van der Waals surface area contributed by atoms with Crippen molar-refractivity contribution in [1.82, 2.24) is 0 Å². The van der Waals surface area contributed by atoms with E-state index in [9.17, 15) is 9.18 Å². The zero-order valence-corrected chi connectivity index (χ0v) is 11.8. The molecule has 0 spiro atoms. The largest absolute Gasteiger partial charge is 0.477 e. The minimum absolute atomic E-state index is 0.0224. The highest BCUT2D eigenvalue weighted by Gasteiger charge is 2.12. The number of benzene rings is 1. The Morgan fingerprint density at radius 3 is 2.78 bits per heavy atom. The van der Waals surface area contributed by atoms with Crippen molar-refractivity contribution >= 4 is 44.8 Å². The Morgan fingerprint density at radius 2 is 2.17 bits per heavy atom. The molecule has 0 saturated carbocycles. The SMILES string of the molecule is O=C(O)c1cc(Oc2cc(F)c(Cl)cc2Br)cs1. The first kappa shape index (κ1) is 13.3. The van der Waals surface area contributed by atoms with E-state index >= 15 is 0 Å². The van der Waals surface area contributed by atoms with E-state index in [1.165, 1.54) is 17.5 Å². The molecule has 0 aliphatic rings. The van der Waals surface area contributed by atoms with Crippen LogP contribution in [0.4, 0.5) is 4.39 Å². The van der Waals surface area contributed by atoms with E-state index in [-0.39, 0.29) is 15.6 Å². The second kappa shape index (κ2) is 5.26. The minimum Gasteiger partial charge on any atom is -0.477 e. The van der Waals surface area contributed by atoms with Crippen LogP contribution in [0.25, 0.3) is 0 Å². The van der Waals surface area contributed by atoms with Gasteiger partial charge in [0.15, 0.2) is 0 Å². The number of thiophene rings is 1. The Hall–Kier alpha value is -1.11. The predicted octanol–water partition coefficient (Wildman–Crippen LogP) is 4.79. The summed E-state index contributed by atoms with van der Waals surface area (Å²) in [6.45, 7) is 0. The van der Waals surface area contributed by atoms with E-state index in [1.54, 1.807) is 0 Å². The van der Waals surface area contributed by atoms with Gasteiger partial charge in [0.2, 0.25) is 0 Å². The number of carboxylic acids is 1. The summed E-state index contributed by atoms with van der Waals surface area (Å²) in [7, 11) is 0. The summed E-state index contributed by atoms with van der Waals surface area (Å²) in [5.74, 6) is -1.08. The van der Waals surface area contributed by atoms with E-state index in [1.807, 2.05) is 0 Å². The van der Waals surface area contributed by atoms with Crippen molar-refractivity contribution in [1.29, 1.82) is 0 Å². The molecule has 7 heteroatoms. The molecule has 94 valence electrons. The lowest BCUT2D eigenvalue weighted by molar-refractivity contribution is 0.0702. The fourth-order valence-electron chi connectivity index (χ4n) is 1.19. The van der Waals surface area contributed by atoms with Crippen LogP contribution in [0.15, 0.2) is 28.1 Å². The van der Waals surface area contributed by atoms with Gasteiger partial charge in [-0.05, 0) is 22.0 Å². The molecule has 0 bridgehead atoms. The molecule has 1 N–H and O–H groups in total. The van der Waals surface area contributed by atoms with Crippen molar-refractivity contribution < 1.29 is 19.0 Å². The maximum Gasteiger partial charge on any atom is 0.346 e. The molecule has 1 heterocycles. The molecule has 0 atom stereocenters. The summed E-state index contributed by atoms with van der Waals surface area (Å²) < 4.78 is 19.1. The van der Waals surface area contributed by atoms with Crippen LogP contribution in [0.1, 0.15) is 9.67 Å². The summed E-state index contributed by atoms with van der Waals surface area (Å²) in [4.78, 5) is 10.8.